The van der Waals surface area contributed by atoms with Gasteiger partial charge in [0.05, 0.1) is 23.5 Å². The van der Waals surface area contributed by atoms with Crippen molar-refractivity contribution < 1.29 is 9.59 Å². The maximum atomic E-state index is 13.2. The van der Waals surface area contributed by atoms with Gasteiger partial charge in [-0.05, 0) is 44.0 Å². The summed E-state index contributed by atoms with van der Waals surface area (Å²) in [6, 6.07) is 15.5. The Kier molecular flexibility index (Phi) is 6.81. The van der Waals surface area contributed by atoms with E-state index in [0.717, 1.165) is 22.5 Å². The van der Waals surface area contributed by atoms with E-state index in [1.165, 1.54) is 0 Å². The van der Waals surface area contributed by atoms with Crippen LogP contribution in [0.4, 0.5) is 5.69 Å². The number of aryl methyl sites for hydroxylation is 3. The van der Waals surface area contributed by atoms with Gasteiger partial charge in [-0.25, -0.2) is 4.68 Å². The monoisotopic (exact) mass is 465 g/mol. The minimum atomic E-state index is -0.126. The third-order valence-corrected chi connectivity index (χ3v) is 6.34. The van der Waals surface area contributed by atoms with E-state index in [2.05, 4.69) is 15.3 Å². The van der Waals surface area contributed by atoms with Crippen molar-refractivity contribution in [3.05, 3.63) is 76.1 Å². The average molecular weight is 466 g/mol. The van der Waals surface area contributed by atoms with Gasteiger partial charge in [0, 0.05) is 31.9 Å². The molecule has 2 amide bonds. The minimum absolute atomic E-state index is 0.0461. The topological polar surface area (TPSA) is 70.5 Å². The Balaban J connectivity index is 1.37. The van der Waals surface area contributed by atoms with Gasteiger partial charge in [0.25, 0.3) is 5.91 Å². The summed E-state index contributed by atoms with van der Waals surface area (Å²) in [5.74, 6) is -0.172. The largest absolute Gasteiger partial charge is 0.336 e. The molecule has 1 fully saturated rings. The number of anilines is 1. The number of para-hydroxylation sites is 2. The molecule has 1 aliphatic heterocycles. The van der Waals surface area contributed by atoms with E-state index in [0.29, 0.717) is 49.1 Å². The number of amides is 2. The number of piperazine rings is 1. The van der Waals surface area contributed by atoms with Crippen molar-refractivity contribution in [2.75, 3.05) is 38.0 Å². The lowest BCUT2D eigenvalue weighted by Crippen LogP contribution is -2.50. The van der Waals surface area contributed by atoms with Gasteiger partial charge in [-0.2, -0.15) is 5.10 Å². The van der Waals surface area contributed by atoms with Crippen LogP contribution < -0.4 is 5.32 Å². The zero-order valence-corrected chi connectivity index (χ0v) is 19.9. The van der Waals surface area contributed by atoms with Crippen LogP contribution in [0, 0.1) is 20.8 Å². The van der Waals surface area contributed by atoms with E-state index in [4.69, 9.17) is 11.6 Å². The summed E-state index contributed by atoms with van der Waals surface area (Å²) >= 11 is 6.57. The molecule has 1 aromatic heterocycles. The molecule has 0 atom stereocenters. The first-order chi connectivity index (χ1) is 15.8. The predicted molar refractivity (Wildman–Crippen MR) is 130 cm³/mol. The summed E-state index contributed by atoms with van der Waals surface area (Å²) in [5.41, 5.74) is 4.80. The van der Waals surface area contributed by atoms with E-state index < -0.39 is 0 Å². The normalized spacial score (nSPS) is 14.4. The first-order valence-corrected chi connectivity index (χ1v) is 11.4. The van der Waals surface area contributed by atoms with E-state index in [9.17, 15) is 9.59 Å². The summed E-state index contributed by atoms with van der Waals surface area (Å²) in [6.07, 6.45) is 0. The van der Waals surface area contributed by atoms with Gasteiger partial charge in [0.15, 0.2) is 0 Å². The predicted octanol–water partition coefficient (Wildman–Crippen LogP) is 3.85. The molecule has 8 heteroatoms. The molecule has 1 N–H and O–H groups in total. The third-order valence-electron chi connectivity index (χ3n) is 5.99. The number of carbonyl (C=O) groups is 2. The fourth-order valence-corrected chi connectivity index (χ4v) is 4.50. The van der Waals surface area contributed by atoms with Gasteiger partial charge in [-0.15, -0.1) is 0 Å². The quantitative estimate of drug-likeness (QED) is 0.621. The molecular weight excluding hydrogens is 438 g/mol. The molecular formula is C25H28ClN5O2. The number of rotatable bonds is 5. The van der Waals surface area contributed by atoms with E-state index in [1.54, 1.807) is 16.5 Å². The molecule has 0 spiro atoms. The van der Waals surface area contributed by atoms with Gasteiger partial charge in [0.1, 0.15) is 5.15 Å². The van der Waals surface area contributed by atoms with Crippen molar-refractivity contribution >= 4 is 29.1 Å². The van der Waals surface area contributed by atoms with Crippen LogP contribution in [-0.2, 0) is 4.79 Å². The average Bonchev–Trinajstić information content (AvgIpc) is 3.11. The van der Waals surface area contributed by atoms with Crippen LogP contribution in [0.2, 0.25) is 5.15 Å². The van der Waals surface area contributed by atoms with Crippen LogP contribution in [0.15, 0.2) is 48.5 Å². The molecule has 2 heterocycles. The first-order valence-electron chi connectivity index (χ1n) is 11.0. The molecule has 4 rings (SSSR count). The van der Waals surface area contributed by atoms with Crippen LogP contribution in [0.3, 0.4) is 0 Å². The van der Waals surface area contributed by atoms with E-state index in [-0.39, 0.29) is 11.8 Å². The highest BCUT2D eigenvalue weighted by molar-refractivity contribution is 6.33. The summed E-state index contributed by atoms with van der Waals surface area (Å²) < 4.78 is 1.60. The Morgan fingerprint density at radius 2 is 1.58 bits per heavy atom. The van der Waals surface area contributed by atoms with Crippen LogP contribution in [0.1, 0.15) is 27.2 Å². The number of benzene rings is 2. The first kappa shape index (κ1) is 23.0. The van der Waals surface area contributed by atoms with Crippen molar-refractivity contribution in [3.63, 3.8) is 0 Å². The van der Waals surface area contributed by atoms with Gasteiger partial charge >= 0.3 is 0 Å². The molecule has 0 radical (unpaired) electrons. The second-order valence-electron chi connectivity index (χ2n) is 8.38. The van der Waals surface area contributed by atoms with Gasteiger partial charge in [-0.1, -0.05) is 48.0 Å². The lowest BCUT2D eigenvalue weighted by molar-refractivity contribution is -0.117. The molecule has 7 nitrogen and oxygen atoms in total. The van der Waals surface area contributed by atoms with Crippen molar-refractivity contribution in [3.8, 4) is 5.69 Å². The van der Waals surface area contributed by atoms with E-state index >= 15 is 0 Å². The Bertz CT molecular complexity index is 1150. The molecule has 172 valence electrons. The Morgan fingerprint density at radius 3 is 2.21 bits per heavy atom. The highest BCUT2D eigenvalue weighted by atomic mass is 35.5. The second-order valence-corrected chi connectivity index (χ2v) is 8.74. The Morgan fingerprint density at radius 1 is 0.939 bits per heavy atom. The lowest BCUT2D eigenvalue weighted by atomic mass is 10.1. The smallest absolute Gasteiger partial charge is 0.258 e. The highest BCUT2D eigenvalue weighted by Gasteiger charge is 2.28. The van der Waals surface area contributed by atoms with Crippen LogP contribution in [0.5, 0.6) is 0 Å². The molecule has 1 aliphatic rings. The zero-order valence-electron chi connectivity index (χ0n) is 19.1. The molecule has 1 saturated heterocycles. The summed E-state index contributed by atoms with van der Waals surface area (Å²) in [4.78, 5) is 29.7. The molecule has 3 aromatic rings. The molecule has 0 aliphatic carbocycles. The summed E-state index contributed by atoms with van der Waals surface area (Å²) in [7, 11) is 0. The standard InChI is InChI=1S/C25H28ClN5O2/c1-17-8-7-9-18(2)23(17)27-21(32)16-29-12-14-30(15-13-29)25(33)22-19(3)28-31(24(22)26)20-10-5-4-6-11-20/h4-11H,12-16H2,1-3H3,(H,27,32). The van der Waals surface area contributed by atoms with Crippen molar-refractivity contribution in [1.29, 1.82) is 0 Å². The summed E-state index contributed by atoms with van der Waals surface area (Å²) in [5, 5.41) is 7.83. The van der Waals surface area contributed by atoms with Crippen LogP contribution in [-0.4, -0.2) is 64.1 Å². The van der Waals surface area contributed by atoms with Crippen LogP contribution in [0.25, 0.3) is 5.69 Å². The number of halogens is 1. The lowest BCUT2D eigenvalue weighted by Gasteiger charge is -2.34. The van der Waals surface area contributed by atoms with Crippen LogP contribution >= 0.6 is 11.6 Å². The van der Waals surface area contributed by atoms with Crippen molar-refractivity contribution in [1.82, 2.24) is 19.6 Å². The number of hydrogen-bond acceptors (Lipinski definition) is 4. The van der Waals surface area contributed by atoms with Crippen molar-refractivity contribution in [2.24, 2.45) is 0 Å². The summed E-state index contributed by atoms with van der Waals surface area (Å²) in [6.45, 7) is 8.36. The fourth-order valence-electron chi connectivity index (χ4n) is 4.14. The molecule has 2 aromatic carbocycles. The third kappa shape index (κ3) is 4.94. The number of nitrogens with one attached hydrogen (secondary N) is 1. The highest BCUT2D eigenvalue weighted by Crippen LogP contribution is 2.25. The molecule has 0 saturated carbocycles. The van der Waals surface area contributed by atoms with Crippen molar-refractivity contribution in [2.45, 2.75) is 20.8 Å². The second kappa shape index (κ2) is 9.77. The SMILES string of the molecule is Cc1cccc(C)c1NC(=O)CN1CCN(C(=O)c2c(C)nn(-c3ccccc3)c2Cl)CC1. The maximum Gasteiger partial charge on any atom is 0.258 e. The minimum Gasteiger partial charge on any atom is -0.336 e. The molecule has 0 bridgehead atoms. The number of aromatic nitrogens is 2. The number of carbonyl (C=O) groups excluding carboxylic acids is 2. The zero-order chi connectivity index (χ0) is 23.5. The number of nitrogens with zero attached hydrogens (tertiary/aromatic N) is 4. The Hall–Kier alpha value is -3.16. The maximum absolute atomic E-state index is 13.2. The molecule has 0 unspecified atom stereocenters. The van der Waals surface area contributed by atoms with E-state index in [1.807, 2.05) is 62.4 Å². The Labute approximate surface area is 198 Å². The van der Waals surface area contributed by atoms with Gasteiger partial charge in [-0.3, -0.25) is 14.5 Å². The van der Waals surface area contributed by atoms with Gasteiger partial charge in [0.2, 0.25) is 5.91 Å². The molecule has 33 heavy (non-hydrogen) atoms. The fraction of sp³-hybridized carbons (Fsp3) is 0.320. The number of hydrogen-bond donors (Lipinski definition) is 1. The van der Waals surface area contributed by atoms with Gasteiger partial charge < -0.3 is 10.2 Å².